The Labute approximate surface area is 127 Å². The molecule has 0 spiro atoms. The fourth-order valence-electron chi connectivity index (χ4n) is 2.34. The third-order valence-electron chi connectivity index (χ3n) is 3.49. The largest absolute Gasteiger partial charge is 0.494 e. The van der Waals surface area contributed by atoms with Crippen LogP contribution in [0, 0.1) is 11.7 Å². The van der Waals surface area contributed by atoms with Gasteiger partial charge < -0.3 is 9.84 Å². The SMILES string of the molecule is COc1cccc(S(=O)(=O)N[C@@H]2CC=CC[C@@H]2C(=O)O)c1F. The van der Waals surface area contributed by atoms with Crippen LogP contribution in [0.25, 0.3) is 0 Å². The second kappa shape index (κ2) is 6.45. The van der Waals surface area contributed by atoms with E-state index in [4.69, 9.17) is 9.84 Å². The van der Waals surface area contributed by atoms with E-state index < -0.39 is 38.7 Å². The van der Waals surface area contributed by atoms with E-state index in [1.54, 1.807) is 12.2 Å². The summed E-state index contributed by atoms with van der Waals surface area (Å²) in [6.45, 7) is 0. The molecule has 2 rings (SSSR count). The number of nitrogens with one attached hydrogen (secondary N) is 1. The Bertz CT molecular complexity index is 701. The van der Waals surface area contributed by atoms with E-state index in [0.717, 1.165) is 6.07 Å². The van der Waals surface area contributed by atoms with Gasteiger partial charge in [0, 0.05) is 6.04 Å². The number of hydrogen-bond acceptors (Lipinski definition) is 4. The molecule has 2 N–H and O–H groups in total. The van der Waals surface area contributed by atoms with Crippen molar-refractivity contribution in [3.63, 3.8) is 0 Å². The summed E-state index contributed by atoms with van der Waals surface area (Å²) in [5, 5.41) is 9.15. The molecule has 0 saturated heterocycles. The van der Waals surface area contributed by atoms with Gasteiger partial charge in [0.15, 0.2) is 11.6 Å². The highest BCUT2D eigenvalue weighted by molar-refractivity contribution is 7.89. The number of sulfonamides is 1. The lowest BCUT2D eigenvalue weighted by atomic mass is 9.90. The molecule has 0 radical (unpaired) electrons. The molecule has 0 bridgehead atoms. The molecule has 0 heterocycles. The molecule has 22 heavy (non-hydrogen) atoms. The number of ether oxygens (including phenoxy) is 1. The third-order valence-corrected chi connectivity index (χ3v) is 5.00. The first kappa shape index (κ1) is 16.4. The molecular formula is C14H16FNO5S. The van der Waals surface area contributed by atoms with Crippen molar-refractivity contribution in [2.45, 2.75) is 23.8 Å². The Morgan fingerprint density at radius 1 is 1.36 bits per heavy atom. The second-order valence-corrected chi connectivity index (χ2v) is 6.57. The van der Waals surface area contributed by atoms with E-state index in [-0.39, 0.29) is 18.6 Å². The molecule has 0 amide bonds. The Morgan fingerprint density at radius 3 is 2.68 bits per heavy atom. The van der Waals surface area contributed by atoms with Gasteiger partial charge in [-0.05, 0) is 25.0 Å². The van der Waals surface area contributed by atoms with E-state index in [1.165, 1.54) is 19.2 Å². The fraction of sp³-hybridized carbons (Fsp3) is 0.357. The molecule has 0 saturated carbocycles. The average molecular weight is 329 g/mol. The highest BCUT2D eigenvalue weighted by Crippen LogP contribution is 2.26. The zero-order valence-electron chi connectivity index (χ0n) is 11.8. The van der Waals surface area contributed by atoms with Crippen molar-refractivity contribution in [3.05, 3.63) is 36.2 Å². The van der Waals surface area contributed by atoms with E-state index >= 15 is 0 Å². The number of hydrogen-bond donors (Lipinski definition) is 2. The minimum Gasteiger partial charge on any atom is -0.494 e. The number of halogens is 1. The summed E-state index contributed by atoms with van der Waals surface area (Å²) >= 11 is 0. The van der Waals surface area contributed by atoms with Crippen LogP contribution in [-0.2, 0) is 14.8 Å². The van der Waals surface area contributed by atoms with E-state index in [9.17, 15) is 17.6 Å². The molecule has 0 aromatic heterocycles. The number of carbonyl (C=O) groups is 1. The average Bonchev–Trinajstić information content (AvgIpc) is 2.47. The van der Waals surface area contributed by atoms with Crippen molar-refractivity contribution in [2.75, 3.05) is 7.11 Å². The molecule has 8 heteroatoms. The number of methoxy groups -OCH3 is 1. The Kier molecular flexibility index (Phi) is 4.82. The Hall–Kier alpha value is -1.93. The predicted molar refractivity (Wildman–Crippen MR) is 76.6 cm³/mol. The fourth-order valence-corrected chi connectivity index (χ4v) is 3.72. The topological polar surface area (TPSA) is 92.7 Å². The summed E-state index contributed by atoms with van der Waals surface area (Å²) in [4.78, 5) is 10.6. The van der Waals surface area contributed by atoms with Crippen LogP contribution in [0.5, 0.6) is 5.75 Å². The summed E-state index contributed by atoms with van der Waals surface area (Å²) < 4.78 is 45.8. The zero-order valence-corrected chi connectivity index (χ0v) is 12.6. The standard InChI is InChI=1S/C14H16FNO5S/c1-21-11-7-4-8-12(13(11)15)22(19,20)16-10-6-3-2-5-9(10)14(17)18/h2-4,7-10,16H,5-6H2,1H3,(H,17,18)/t9-,10+/m0/s1. The lowest BCUT2D eigenvalue weighted by Crippen LogP contribution is -2.44. The van der Waals surface area contributed by atoms with Gasteiger partial charge in [-0.15, -0.1) is 0 Å². The van der Waals surface area contributed by atoms with Gasteiger partial charge in [-0.25, -0.2) is 17.5 Å². The van der Waals surface area contributed by atoms with Gasteiger partial charge in [0.25, 0.3) is 0 Å². The van der Waals surface area contributed by atoms with Crippen molar-refractivity contribution in [2.24, 2.45) is 5.92 Å². The maximum absolute atomic E-state index is 14.1. The molecule has 120 valence electrons. The van der Waals surface area contributed by atoms with Crippen LogP contribution in [0.4, 0.5) is 4.39 Å². The monoisotopic (exact) mass is 329 g/mol. The van der Waals surface area contributed by atoms with Gasteiger partial charge >= 0.3 is 5.97 Å². The van der Waals surface area contributed by atoms with Crippen molar-refractivity contribution in [3.8, 4) is 5.75 Å². The van der Waals surface area contributed by atoms with Crippen LogP contribution in [0.3, 0.4) is 0 Å². The lowest BCUT2D eigenvalue weighted by molar-refractivity contribution is -0.142. The van der Waals surface area contributed by atoms with Crippen LogP contribution in [-0.4, -0.2) is 32.6 Å². The number of aliphatic carboxylic acids is 1. The van der Waals surface area contributed by atoms with Gasteiger partial charge in [-0.2, -0.15) is 0 Å². The maximum atomic E-state index is 14.1. The molecule has 0 fully saturated rings. The molecule has 1 aromatic carbocycles. The smallest absolute Gasteiger partial charge is 0.308 e. The van der Waals surface area contributed by atoms with Crippen molar-refractivity contribution >= 4 is 16.0 Å². The first-order valence-electron chi connectivity index (χ1n) is 6.59. The Balaban J connectivity index is 2.31. The summed E-state index contributed by atoms with van der Waals surface area (Å²) in [7, 11) is -2.96. The molecular weight excluding hydrogens is 313 g/mol. The molecule has 6 nitrogen and oxygen atoms in total. The van der Waals surface area contributed by atoms with E-state index in [1.807, 2.05) is 0 Å². The zero-order chi connectivity index (χ0) is 16.3. The van der Waals surface area contributed by atoms with Gasteiger partial charge in [0.2, 0.25) is 10.0 Å². The first-order chi connectivity index (χ1) is 10.4. The number of carboxylic acid groups (broad SMARTS) is 1. The molecule has 2 atom stereocenters. The quantitative estimate of drug-likeness (QED) is 0.799. The molecule has 1 aromatic rings. The normalized spacial score (nSPS) is 21.5. The Morgan fingerprint density at radius 2 is 2.05 bits per heavy atom. The van der Waals surface area contributed by atoms with Crippen LogP contribution in [0.2, 0.25) is 0 Å². The van der Waals surface area contributed by atoms with Gasteiger partial charge in [-0.3, -0.25) is 4.79 Å². The van der Waals surface area contributed by atoms with Crippen LogP contribution >= 0.6 is 0 Å². The van der Waals surface area contributed by atoms with Crippen molar-refractivity contribution in [1.82, 2.24) is 4.72 Å². The molecule has 1 aliphatic rings. The molecule has 0 unspecified atom stereocenters. The number of allylic oxidation sites excluding steroid dienone is 1. The maximum Gasteiger partial charge on any atom is 0.308 e. The van der Waals surface area contributed by atoms with Crippen LogP contribution in [0.1, 0.15) is 12.8 Å². The van der Waals surface area contributed by atoms with Gasteiger partial charge in [0.05, 0.1) is 13.0 Å². The van der Waals surface area contributed by atoms with Crippen molar-refractivity contribution in [1.29, 1.82) is 0 Å². The summed E-state index contributed by atoms with van der Waals surface area (Å²) in [6.07, 6.45) is 3.86. The minimum absolute atomic E-state index is 0.193. The van der Waals surface area contributed by atoms with E-state index in [2.05, 4.69) is 4.72 Å². The lowest BCUT2D eigenvalue weighted by Gasteiger charge is -2.26. The van der Waals surface area contributed by atoms with Crippen molar-refractivity contribution < 1.29 is 27.4 Å². The predicted octanol–water partition coefficient (Wildman–Crippen LogP) is 1.53. The minimum atomic E-state index is -4.19. The summed E-state index contributed by atoms with van der Waals surface area (Å²) in [5.74, 6) is -3.17. The molecule has 1 aliphatic carbocycles. The summed E-state index contributed by atoms with van der Waals surface area (Å²) in [5.41, 5.74) is 0. The number of rotatable bonds is 5. The number of carboxylic acids is 1. The van der Waals surface area contributed by atoms with Gasteiger partial charge in [-0.1, -0.05) is 18.2 Å². The van der Waals surface area contributed by atoms with E-state index in [0.29, 0.717) is 0 Å². The van der Waals surface area contributed by atoms with Crippen LogP contribution in [0.15, 0.2) is 35.2 Å². The number of benzene rings is 1. The highest BCUT2D eigenvalue weighted by Gasteiger charge is 2.33. The molecule has 0 aliphatic heterocycles. The highest BCUT2D eigenvalue weighted by atomic mass is 32.2. The second-order valence-electron chi connectivity index (χ2n) is 4.89. The van der Waals surface area contributed by atoms with Gasteiger partial charge in [0.1, 0.15) is 4.90 Å². The first-order valence-corrected chi connectivity index (χ1v) is 8.07. The summed E-state index contributed by atoms with van der Waals surface area (Å²) in [6, 6.07) is 2.94. The third kappa shape index (κ3) is 3.28. The van der Waals surface area contributed by atoms with Crippen LogP contribution < -0.4 is 9.46 Å².